The molecule has 0 unspecified atom stereocenters. The maximum atomic E-state index is 13.0. The molecule has 2 aromatic rings. The number of benzene rings is 1. The van der Waals surface area contributed by atoms with Crippen LogP contribution in [0.2, 0.25) is 0 Å². The van der Waals surface area contributed by atoms with Gasteiger partial charge in [-0.05, 0) is 37.1 Å². The van der Waals surface area contributed by atoms with Crippen LogP contribution in [0.3, 0.4) is 0 Å². The fraction of sp³-hybridized carbons (Fsp3) is 0.438. The number of aliphatic hydroxyl groups is 1. The first-order valence-electron chi connectivity index (χ1n) is 7.29. The predicted molar refractivity (Wildman–Crippen MR) is 81.2 cm³/mol. The number of nitrogens with one attached hydrogen (secondary N) is 2. The summed E-state index contributed by atoms with van der Waals surface area (Å²) in [5.74, 6) is -0.256. The predicted octanol–water partition coefficient (Wildman–Crippen LogP) is 2.86. The van der Waals surface area contributed by atoms with Crippen LogP contribution in [0.1, 0.15) is 32.3 Å². The fourth-order valence-corrected chi connectivity index (χ4v) is 2.24. The van der Waals surface area contributed by atoms with E-state index in [4.69, 9.17) is 0 Å². The smallest absolute Gasteiger partial charge is 0.123 e. The number of hydrogen-bond donors (Lipinski definition) is 3. The summed E-state index contributed by atoms with van der Waals surface area (Å²) < 4.78 is 13.0. The molecule has 114 valence electrons. The SMILES string of the molecule is CCC(O)(CC)CNCc1cn[nH]c1-c1ccc(F)cc1. The van der Waals surface area contributed by atoms with Gasteiger partial charge in [0.25, 0.3) is 0 Å². The van der Waals surface area contributed by atoms with E-state index in [2.05, 4.69) is 15.5 Å². The van der Waals surface area contributed by atoms with Crippen LogP contribution >= 0.6 is 0 Å². The van der Waals surface area contributed by atoms with E-state index in [1.165, 1.54) is 12.1 Å². The van der Waals surface area contributed by atoms with Crippen LogP contribution < -0.4 is 5.32 Å². The van der Waals surface area contributed by atoms with Gasteiger partial charge in [-0.15, -0.1) is 0 Å². The highest BCUT2D eigenvalue weighted by Gasteiger charge is 2.21. The average Bonchev–Trinajstić information content (AvgIpc) is 2.96. The van der Waals surface area contributed by atoms with E-state index in [1.807, 2.05) is 13.8 Å². The van der Waals surface area contributed by atoms with E-state index >= 15 is 0 Å². The van der Waals surface area contributed by atoms with E-state index in [9.17, 15) is 9.50 Å². The highest BCUT2D eigenvalue weighted by atomic mass is 19.1. The molecule has 0 saturated carbocycles. The Morgan fingerprint density at radius 2 is 1.90 bits per heavy atom. The Labute approximate surface area is 124 Å². The van der Waals surface area contributed by atoms with Gasteiger partial charge in [0.1, 0.15) is 5.82 Å². The van der Waals surface area contributed by atoms with Crippen molar-refractivity contribution in [3.63, 3.8) is 0 Å². The molecule has 3 N–H and O–H groups in total. The van der Waals surface area contributed by atoms with E-state index in [0.29, 0.717) is 25.9 Å². The lowest BCUT2D eigenvalue weighted by Gasteiger charge is -2.25. The van der Waals surface area contributed by atoms with Crippen molar-refractivity contribution in [3.05, 3.63) is 41.8 Å². The molecule has 5 heteroatoms. The van der Waals surface area contributed by atoms with Crippen LogP contribution in [-0.4, -0.2) is 27.4 Å². The number of halogens is 1. The molecular formula is C16H22FN3O. The van der Waals surface area contributed by atoms with Gasteiger partial charge in [-0.25, -0.2) is 4.39 Å². The van der Waals surface area contributed by atoms with Crippen molar-refractivity contribution < 1.29 is 9.50 Å². The van der Waals surface area contributed by atoms with Crippen molar-refractivity contribution in [2.24, 2.45) is 0 Å². The highest BCUT2D eigenvalue weighted by Crippen LogP contribution is 2.21. The molecular weight excluding hydrogens is 269 g/mol. The highest BCUT2D eigenvalue weighted by molar-refractivity contribution is 5.62. The molecule has 0 bridgehead atoms. The lowest BCUT2D eigenvalue weighted by Crippen LogP contribution is -2.39. The second-order valence-corrected chi connectivity index (χ2v) is 5.31. The third kappa shape index (κ3) is 3.89. The quantitative estimate of drug-likeness (QED) is 0.735. The molecule has 0 aliphatic heterocycles. The second kappa shape index (κ2) is 6.83. The lowest BCUT2D eigenvalue weighted by molar-refractivity contribution is 0.0323. The summed E-state index contributed by atoms with van der Waals surface area (Å²) in [4.78, 5) is 0. The number of nitrogens with zero attached hydrogens (tertiary/aromatic N) is 1. The molecule has 4 nitrogen and oxygen atoms in total. The number of rotatable bonds is 7. The third-order valence-electron chi connectivity index (χ3n) is 3.94. The Hall–Kier alpha value is -1.72. The molecule has 0 radical (unpaired) electrons. The first-order valence-corrected chi connectivity index (χ1v) is 7.29. The van der Waals surface area contributed by atoms with E-state index < -0.39 is 5.60 Å². The van der Waals surface area contributed by atoms with Crippen molar-refractivity contribution >= 4 is 0 Å². The molecule has 21 heavy (non-hydrogen) atoms. The van der Waals surface area contributed by atoms with E-state index in [0.717, 1.165) is 16.8 Å². The first kappa shape index (κ1) is 15.7. The molecule has 0 spiro atoms. The van der Waals surface area contributed by atoms with Crippen LogP contribution in [0.15, 0.2) is 30.5 Å². The minimum atomic E-state index is -0.667. The minimum Gasteiger partial charge on any atom is -0.389 e. The maximum Gasteiger partial charge on any atom is 0.123 e. The molecule has 0 aliphatic carbocycles. The number of aromatic amines is 1. The van der Waals surface area contributed by atoms with Gasteiger partial charge in [-0.1, -0.05) is 13.8 Å². The summed E-state index contributed by atoms with van der Waals surface area (Å²) in [6, 6.07) is 6.31. The molecule has 0 atom stereocenters. The van der Waals surface area contributed by atoms with Crippen molar-refractivity contribution in [1.82, 2.24) is 15.5 Å². The Bertz CT molecular complexity index is 561. The number of aromatic nitrogens is 2. The minimum absolute atomic E-state index is 0.256. The zero-order valence-electron chi connectivity index (χ0n) is 12.5. The van der Waals surface area contributed by atoms with Gasteiger partial charge in [0.15, 0.2) is 0 Å². The van der Waals surface area contributed by atoms with Gasteiger partial charge in [0.05, 0.1) is 17.5 Å². The zero-order valence-corrected chi connectivity index (χ0v) is 12.5. The topological polar surface area (TPSA) is 60.9 Å². The molecule has 1 heterocycles. The van der Waals surface area contributed by atoms with Crippen LogP contribution in [0, 0.1) is 5.82 Å². The van der Waals surface area contributed by atoms with Crippen molar-refractivity contribution in [1.29, 1.82) is 0 Å². The van der Waals surface area contributed by atoms with Crippen molar-refractivity contribution in [2.75, 3.05) is 6.54 Å². The largest absolute Gasteiger partial charge is 0.389 e. The fourth-order valence-electron chi connectivity index (χ4n) is 2.24. The Morgan fingerprint density at radius 3 is 2.52 bits per heavy atom. The van der Waals surface area contributed by atoms with Crippen LogP contribution in [0.25, 0.3) is 11.3 Å². The summed E-state index contributed by atoms with van der Waals surface area (Å²) in [5, 5.41) is 20.5. The Morgan fingerprint density at radius 1 is 1.24 bits per heavy atom. The number of hydrogen-bond acceptors (Lipinski definition) is 3. The van der Waals surface area contributed by atoms with Gasteiger partial charge in [-0.2, -0.15) is 5.10 Å². The van der Waals surface area contributed by atoms with Gasteiger partial charge < -0.3 is 10.4 Å². The molecule has 0 fully saturated rings. The summed E-state index contributed by atoms with van der Waals surface area (Å²) >= 11 is 0. The Balaban J connectivity index is 2.03. The zero-order chi connectivity index (χ0) is 15.3. The van der Waals surface area contributed by atoms with Gasteiger partial charge in [0, 0.05) is 24.2 Å². The second-order valence-electron chi connectivity index (χ2n) is 5.31. The van der Waals surface area contributed by atoms with Gasteiger partial charge in [-0.3, -0.25) is 5.10 Å². The van der Waals surface area contributed by atoms with Gasteiger partial charge in [0.2, 0.25) is 0 Å². The molecule has 1 aromatic carbocycles. The Kier molecular flexibility index (Phi) is 5.09. The van der Waals surface area contributed by atoms with Gasteiger partial charge >= 0.3 is 0 Å². The van der Waals surface area contributed by atoms with E-state index in [1.54, 1.807) is 18.3 Å². The molecule has 2 rings (SSSR count). The van der Waals surface area contributed by atoms with Crippen molar-refractivity contribution in [3.8, 4) is 11.3 Å². The monoisotopic (exact) mass is 291 g/mol. The molecule has 1 aromatic heterocycles. The maximum absolute atomic E-state index is 13.0. The van der Waals surface area contributed by atoms with E-state index in [-0.39, 0.29) is 5.82 Å². The summed E-state index contributed by atoms with van der Waals surface area (Å²) in [5.41, 5.74) is 2.10. The molecule has 0 aliphatic rings. The molecule has 0 saturated heterocycles. The average molecular weight is 291 g/mol. The third-order valence-corrected chi connectivity index (χ3v) is 3.94. The normalized spacial score (nSPS) is 11.8. The summed E-state index contributed by atoms with van der Waals surface area (Å²) in [6.45, 7) is 5.10. The lowest BCUT2D eigenvalue weighted by atomic mass is 9.97. The summed E-state index contributed by atoms with van der Waals surface area (Å²) in [7, 11) is 0. The standard InChI is InChI=1S/C16H22FN3O/c1-3-16(21,4-2)11-18-9-13-10-19-20-15(13)12-5-7-14(17)8-6-12/h5-8,10,18,21H,3-4,9,11H2,1-2H3,(H,19,20). The van der Waals surface area contributed by atoms with Crippen LogP contribution in [0.4, 0.5) is 4.39 Å². The van der Waals surface area contributed by atoms with Crippen LogP contribution in [0.5, 0.6) is 0 Å². The number of H-pyrrole nitrogens is 1. The summed E-state index contributed by atoms with van der Waals surface area (Å²) in [6.07, 6.45) is 3.18. The molecule has 0 amide bonds. The van der Waals surface area contributed by atoms with Crippen molar-refractivity contribution in [2.45, 2.75) is 38.8 Å². The first-order chi connectivity index (χ1) is 10.1. The van der Waals surface area contributed by atoms with Crippen LogP contribution in [-0.2, 0) is 6.54 Å².